The Morgan fingerprint density at radius 2 is 1.55 bits per heavy atom. The fraction of sp³-hybridized carbons (Fsp3) is 0.312. The lowest BCUT2D eigenvalue weighted by molar-refractivity contribution is -0.140. The van der Waals surface area contributed by atoms with E-state index in [2.05, 4.69) is 13.8 Å². The third-order valence-corrected chi connectivity index (χ3v) is 6.80. The molecule has 0 spiro atoms. The van der Waals surface area contributed by atoms with E-state index in [4.69, 9.17) is 18.9 Å². The number of aryl methyl sites for hydroxylation is 1. The van der Waals surface area contributed by atoms with E-state index in [1.807, 2.05) is 19.1 Å². The molecule has 4 rings (SSSR count). The lowest BCUT2D eigenvalue weighted by Gasteiger charge is -2.26. The molecule has 210 valence electrons. The Balaban J connectivity index is 1.82. The number of aliphatic hydroxyl groups excluding tert-OH is 1. The largest absolute Gasteiger partial charge is 0.507 e. The highest BCUT2D eigenvalue weighted by atomic mass is 16.5. The van der Waals surface area contributed by atoms with E-state index in [1.165, 1.54) is 19.1 Å². The molecule has 1 aliphatic heterocycles. The van der Waals surface area contributed by atoms with E-state index in [0.717, 1.165) is 11.1 Å². The number of ether oxygens (including phenoxy) is 4. The highest BCUT2D eigenvalue weighted by molar-refractivity contribution is 6.46. The molecule has 1 unspecified atom stereocenters. The minimum absolute atomic E-state index is 0.000908. The Labute approximate surface area is 234 Å². The van der Waals surface area contributed by atoms with Crippen LogP contribution in [0, 0.1) is 12.8 Å². The van der Waals surface area contributed by atoms with Crippen molar-refractivity contribution in [1.29, 1.82) is 0 Å². The summed E-state index contributed by atoms with van der Waals surface area (Å²) < 4.78 is 22.0. The van der Waals surface area contributed by atoms with Crippen molar-refractivity contribution in [3.05, 3.63) is 88.5 Å². The van der Waals surface area contributed by atoms with Crippen LogP contribution >= 0.6 is 0 Å². The molecule has 1 heterocycles. The molecule has 1 fully saturated rings. The summed E-state index contributed by atoms with van der Waals surface area (Å²) >= 11 is 0. The number of nitrogens with zero attached hydrogens (tertiary/aromatic N) is 1. The maximum absolute atomic E-state index is 13.5. The van der Waals surface area contributed by atoms with Gasteiger partial charge in [-0.3, -0.25) is 9.59 Å². The smallest absolute Gasteiger partial charge is 0.295 e. The van der Waals surface area contributed by atoms with Crippen molar-refractivity contribution in [3.63, 3.8) is 0 Å². The average Bonchev–Trinajstić information content (AvgIpc) is 3.20. The molecular weight excluding hydrogens is 510 g/mol. The average molecular weight is 546 g/mol. The van der Waals surface area contributed by atoms with E-state index in [1.54, 1.807) is 55.6 Å². The number of ketones is 1. The van der Waals surface area contributed by atoms with Gasteiger partial charge in [-0.25, -0.2) is 0 Å². The van der Waals surface area contributed by atoms with Gasteiger partial charge in [-0.05, 0) is 72.0 Å². The van der Waals surface area contributed by atoms with Gasteiger partial charge < -0.3 is 29.0 Å². The maximum atomic E-state index is 13.5. The van der Waals surface area contributed by atoms with Crippen molar-refractivity contribution in [3.8, 4) is 23.0 Å². The second-order valence-corrected chi connectivity index (χ2v) is 10.1. The van der Waals surface area contributed by atoms with Crippen molar-refractivity contribution in [2.24, 2.45) is 5.92 Å². The van der Waals surface area contributed by atoms with Crippen LogP contribution in [0.3, 0.4) is 0 Å². The predicted molar refractivity (Wildman–Crippen MR) is 152 cm³/mol. The number of benzene rings is 3. The second kappa shape index (κ2) is 12.2. The van der Waals surface area contributed by atoms with Crippen LogP contribution in [0.5, 0.6) is 23.0 Å². The normalized spacial score (nSPS) is 16.4. The lowest BCUT2D eigenvalue weighted by Crippen LogP contribution is -2.29. The summed E-state index contributed by atoms with van der Waals surface area (Å²) in [6, 6.07) is 16.8. The van der Waals surface area contributed by atoms with Crippen LogP contribution in [0.1, 0.15) is 42.1 Å². The van der Waals surface area contributed by atoms with Crippen LogP contribution < -0.4 is 18.9 Å². The molecular formula is C32H35NO7. The van der Waals surface area contributed by atoms with E-state index >= 15 is 0 Å². The van der Waals surface area contributed by atoms with Crippen LogP contribution in [-0.4, -0.2) is 49.6 Å². The number of methoxy groups -OCH3 is 3. The van der Waals surface area contributed by atoms with Gasteiger partial charge in [-0.15, -0.1) is 0 Å². The molecule has 3 aromatic rings. The Morgan fingerprint density at radius 3 is 2.15 bits per heavy atom. The van der Waals surface area contributed by atoms with Gasteiger partial charge in [0.15, 0.2) is 11.5 Å². The summed E-state index contributed by atoms with van der Waals surface area (Å²) in [6.07, 6.45) is 0. The SMILES string of the molecule is COc1ccc(CN2C(=O)C(=O)/C(=C(\O)c3ccc(OCC(C)C)c(C)c3)C2c2ccc(OC)c(OC)c2)cc1. The van der Waals surface area contributed by atoms with Crippen molar-refractivity contribution in [2.75, 3.05) is 27.9 Å². The number of likely N-dealkylation sites (tertiary alicyclic amines) is 1. The Morgan fingerprint density at radius 1 is 0.875 bits per heavy atom. The quantitative estimate of drug-likeness (QED) is 0.199. The molecule has 1 saturated heterocycles. The number of rotatable bonds is 10. The van der Waals surface area contributed by atoms with Crippen LogP contribution in [-0.2, 0) is 16.1 Å². The predicted octanol–water partition coefficient (Wildman–Crippen LogP) is 5.68. The van der Waals surface area contributed by atoms with E-state index < -0.39 is 17.7 Å². The van der Waals surface area contributed by atoms with E-state index in [9.17, 15) is 14.7 Å². The molecule has 0 saturated carbocycles. The standard InChI is InChI=1S/C32H35NO7/c1-19(2)18-40-25-13-10-23(15-20(25)3)30(34)28-29(22-9-14-26(38-5)27(16-22)39-6)33(32(36)31(28)35)17-21-7-11-24(37-4)12-8-21/h7-16,19,29,34H,17-18H2,1-6H3/b30-28-. The first-order chi connectivity index (χ1) is 19.2. The number of hydrogen-bond acceptors (Lipinski definition) is 7. The highest BCUT2D eigenvalue weighted by Gasteiger charge is 2.46. The zero-order chi connectivity index (χ0) is 29.0. The van der Waals surface area contributed by atoms with E-state index in [-0.39, 0.29) is 17.9 Å². The summed E-state index contributed by atoms with van der Waals surface area (Å²) in [4.78, 5) is 28.4. The number of Topliss-reactive ketones (excluding diaryl/α,β-unsaturated/α-hetero) is 1. The van der Waals surface area contributed by atoms with Crippen LogP contribution in [0.2, 0.25) is 0 Å². The highest BCUT2D eigenvalue weighted by Crippen LogP contribution is 2.43. The molecule has 3 aromatic carbocycles. The number of aliphatic hydroxyl groups is 1. The molecule has 0 radical (unpaired) electrons. The molecule has 1 atom stereocenters. The summed E-state index contributed by atoms with van der Waals surface area (Å²) in [6.45, 7) is 6.71. The first kappa shape index (κ1) is 28.5. The Bertz CT molecular complexity index is 1430. The first-order valence-corrected chi connectivity index (χ1v) is 13.1. The molecule has 8 heteroatoms. The maximum Gasteiger partial charge on any atom is 0.295 e. The topological polar surface area (TPSA) is 94.5 Å². The molecule has 40 heavy (non-hydrogen) atoms. The number of amides is 1. The van der Waals surface area contributed by atoms with Gasteiger partial charge in [-0.2, -0.15) is 0 Å². The van der Waals surface area contributed by atoms with Gasteiger partial charge in [-0.1, -0.05) is 32.0 Å². The number of hydrogen-bond donors (Lipinski definition) is 1. The van der Waals surface area contributed by atoms with Gasteiger partial charge >= 0.3 is 0 Å². The van der Waals surface area contributed by atoms with Crippen LogP contribution in [0.4, 0.5) is 0 Å². The molecule has 1 amide bonds. The Hall–Kier alpha value is -4.46. The van der Waals surface area contributed by atoms with E-state index in [0.29, 0.717) is 46.6 Å². The fourth-order valence-corrected chi connectivity index (χ4v) is 4.71. The summed E-state index contributed by atoms with van der Waals surface area (Å²) in [7, 11) is 4.63. The third kappa shape index (κ3) is 5.76. The Kier molecular flexibility index (Phi) is 8.67. The second-order valence-electron chi connectivity index (χ2n) is 10.1. The van der Waals surface area contributed by atoms with Crippen LogP contribution in [0.15, 0.2) is 66.2 Å². The van der Waals surface area contributed by atoms with Gasteiger partial charge in [0, 0.05) is 12.1 Å². The van der Waals surface area contributed by atoms with Gasteiger partial charge in [0.25, 0.3) is 11.7 Å². The third-order valence-electron chi connectivity index (χ3n) is 6.80. The minimum Gasteiger partial charge on any atom is -0.507 e. The van der Waals surface area contributed by atoms with Crippen molar-refractivity contribution in [1.82, 2.24) is 4.90 Å². The molecule has 8 nitrogen and oxygen atoms in total. The van der Waals surface area contributed by atoms with Crippen molar-refractivity contribution in [2.45, 2.75) is 33.4 Å². The van der Waals surface area contributed by atoms with Crippen molar-refractivity contribution < 1.29 is 33.6 Å². The summed E-state index contributed by atoms with van der Waals surface area (Å²) in [5.74, 6) is 0.961. The van der Waals surface area contributed by atoms with Gasteiger partial charge in [0.05, 0.1) is 39.6 Å². The monoisotopic (exact) mass is 545 g/mol. The molecule has 1 N–H and O–H groups in total. The summed E-state index contributed by atoms with van der Waals surface area (Å²) in [5, 5.41) is 11.5. The van der Waals surface area contributed by atoms with Crippen LogP contribution in [0.25, 0.3) is 5.76 Å². The minimum atomic E-state index is -0.862. The fourth-order valence-electron chi connectivity index (χ4n) is 4.71. The summed E-state index contributed by atoms with van der Waals surface area (Å²) in [5.41, 5.74) is 2.62. The molecule has 0 bridgehead atoms. The molecule has 1 aliphatic rings. The zero-order valence-electron chi connectivity index (χ0n) is 23.7. The van der Waals surface area contributed by atoms with Gasteiger partial charge in [0.2, 0.25) is 0 Å². The lowest BCUT2D eigenvalue weighted by atomic mass is 9.94. The number of carbonyl (C=O) groups is 2. The van der Waals surface area contributed by atoms with Crippen molar-refractivity contribution >= 4 is 17.4 Å². The zero-order valence-corrected chi connectivity index (χ0v) is 23.7. The number of carbonyl (C=O) groups excluding carboxylic acids is 2. The van der Waals surface area contributed by atoms with Gasteiger partial charge in [0.1, 0.15) is 17.3 Å². The first-order valence-electron chi connectivity index (χ1n) is 13.1. The molecule has 0 aliphatic carbocycles. The molecule has 0 aromatic heterocycles.